The molecule has 8 heteroatoms. The number of hydrogen-bond donors (Lipinski definition) is 5. The quantitative estimate of drug-likeness (QED) is 0.103. The largest absolute Gasteiger partial charge is 0.504 e. The van der Waals surface area contributed by atoms with Gasteiger partial charge in [-0.3, -0.25) is 4.79 Å². The van der Waals surface area contributed by atoms with Gasteiger partial charge in [-0.15, -0.1) is 0 Å². The van der Waals surface area contributed by atoms with Crippen LogP contribution < -0.4 is 15.8 Å². The third-order valence-corrected chi connectivity index (χ3v) is 10.7. The van der Waals surface area contributed by atoms with E-state index >= 15 is 0 Å². The summed E-state index contributed by atoms with van der Waals surface area (Å²) in [6.07, 6.45) is 17.3. The minimum absolute atomic E-state index is 0.0578. The molecule has 1 aliphatic heterocycles. The lowest BCUT2D eigenvalue weighted by Gasteiger charge is -2.45. The van der Waals surface area contributed by atoms with E-state index in [0.29, 0.717) is 30.9 Å². The van der Waals surface area contributed by atoms with Gasteiger partial charge in [0, 0.05) is 48.4 Å². The first-order valence-corrected chi connectivity index (χ1v) is 17.0. The Morgan fingerprint density at radius 2 is 2.09 bits per heavy atom. The number of aromatic nitrogens is 2. The summed E-state index contributed by atoms with van der Waals surface area (Å²) in [5, 5.41) is 25.3. The first-order chi connectivity index (χ1) is 22.4. The van der Waals surface area contributed by atoms with Gasteiger partial charge < -0.3 is 35.6 Å². The number of allylic oxidation sites excluding steroid dienone is 1. The van der Waals surface area contributed by atoms with Crippen molar-refractivity contribution in [3.8, 4) is 11.5 Å². The highest BCUT2D eigenvalue weighted by atomic mass is 16.5. The Kier molecular flexibility index (Phi) is 8.42. The maximum absolute atomic E-state index is 12.5. The molecule has 0 bridgehead atoms. The summed E-state index contributed by atoms with van der Waals surface area (Å²) in [6, 6.07) is 11.9. The zero-order valence-electron chi connectivity index (χ0n) is 26.7. The molecule has 0 amide bonds. The van der Waals surface area contributed by atoms with Crippen LogP contribution in [0.15, 0.2) is 61.2 Å². The van der Waals surface area contributed by atoms with E-state index in [1.165, 1.54) is 46.1 Å². The van der Waals surface area contributed by atoms with Crippen LogP contribution in [0.3, 0.4) is 0 Å². The number of phenols is 1. The Balaban J connectivity index is 1.07. The van der Waals surface area contributed by atoms with Gasteiger partial charge in [-0.05, 0) is 83.5 Å². The molecule has 0 saturated heterocycles. The number of nitrogens with one attached hydrogen (secondary N) is 2. The smallest absolute Gasteiger partial charge is 0.165 e. The summed E-state index contributed by atoms with van der Waals surface area (Å²) >= 11 is 0. The number of ketones is 1. The number of nitrogens with zero attached hydrogens (tertiary/aromatic N) is 1. The Bertz CT molecular complexity index is 1770. The number of benzene rings is 2. The van der Waals surface area contributed by atoms with Crippen LogP contribution in [-0.4, -0.2) is 31.7 Å². The lowest BCUT2D eigenvalue weighted by atomic mass is 9.59. The highest BCUT2D eigenvalue weighted by molar-refractivity contribution is 5.87. The van der Waals surface area contributed by atoms with E-state index in [-0.39, 0.29) is 36.3 Å². The zero-order chi connectivity index (χ0) is 31.8. The Hall–Kier alpha value is -4.01. The molecule has 7 rings (SSSR count). The highest BCUT2D eigenvalue weighted by Gasteiger charge is 2.51. The fourth-order valence-electron chi connectivity index (χ4n) is 8.41. The average Bonchev–Trinajstić information content (AvgIpc) is 3.77. The predicted octanol–water partition coefficient (Wildman–Crippen LogP) is 6.94. The Morgan fingerprint density at radius 3 is 2.96 bits per heavy atom. The van der Waals surface area contributed by atoms with E-state index in [0.717, 1.165) is 43.2 Å². The summed E-state index contributed by atoms with van der Waals surface area (Å²) in [7, 11) is 0. The SMILES string of the molecule is CCCCCC(O)CC(=O)CCc1ccc(O)c(OCn2cc3[nH]cc(C45CCCC4CC4=CNC(N)c6cccc5c64)c3c2)c1. The molecule has 4 atom stereocenters. The van der Waals surface area contributed by atoms with Crippen molar-refractivity contribution in [3.63, 3.8) is 0 Å². The molecular formula is C38H46N4O4. The number of carbonyl (C=O) groups is 1. The van der Waals surface area contributed by atoms with Gasteiger partial charge in [-0.25, -0.2) is 0 Å². The number of rotatable bonds is 13. The third kappa shape index (κ3) is 5.52. The second-order valence-electron chi connectivity index (χ2n) is 13.6. The number of hydrogen-bond acceptors (Lipinski definition) is 6. The van der Waals surface area contributed by atoms with Crippen LogP contribution in [0.25, 0.3) is 16.5 Å². The van der Waals surface area contributed by atoms with Crippen LogP contribution in [0, 0.1) is 5.92 Å². The van der Waals surface area contributed by atoms with Crippen LogP contribution >= 0.6 is 0 Å². The number of aliphatic hydroxyl groups excluding tert-OH is 1. The summed E-state index contributed by atoms with van der Waals surface area (Å²) < 4.78 is 8.15. The van der Waals surface area contributed by atoms with Gasteiger partial charge in [-0.2, -0.15) is 0 Å². The van der Waals surface area contributed by atoms with E-state index in [2.05, 4.69) is 60.2 Å². The lowest BCUT2D eigenvalue weighted by Crippen LogP contribution is -2.40. The molecule has 4 unspecified atom stereocenters. The molecule has 46 heavy (non-hydrogen) atoms. The summed E-state index contributed by atoms with van der Waals surface area (Å²) in [5.74, 6) is 1.04. The van der Waals surface area contributed by atoms with Gasteiger partial charge in [0.25, 0.3) is 0 Å². The molecule has 3 aliphatic rings. The number of aryl methyl sites for hydroxylation is 1. The molecule has 2 aromatic heterocycles. The van der Waals surface area contributed by atoms with E-state index < -0.39 is 6.10 Å². The summed E-state index contributed by atoms with van der Waals surface area (Å²) in [6.45, 7) is 2.37. The number of aromatic amines is 1. The standard InChI is InChI=1S/C38H46N4O4/c1-2-3-4-8-27(43)18-28(44)13-11-24-12-14-34(45)35(16-24)46-23-42-21-30-32(20-40-33(30)22-42)38-15-6-7-26(38)17-25-19-41-37(39)29-9-5-10-31(38)36(25)29/h5,9-10,12,14,16,19-22,26-27,37,40-41,43,45H,2-4,6-8,11,13,15,17-18,23,39H2,1H3. The van der Waals surface area contributed by atoms with Crippen molar-refractivity contribution in [2.75, 3.05) is 0 Å². The van der Waals surface area contributed by atoms with Crippen LogP contribution in [0.2, 0.25) is 0 Å². The molecule has 242 valence electrons. The third-order valence-electron chi connectivity index (χ3n) is 10.7. The molecule has 2 aromatic carbocycles. The van der Waals surface area contributed by atoms with E-state index in [1.807, 2.05) is 16.7 Å². The van der Waals surface area contributed by atoms with Crippen molar-refractivity contribution in [1.29, 1.82) is 0 Å². The number of ether oxygens (including phenoxy) is 1. The predicted molar refractivity (Wildman–Crippen MR) is 180 cm³/mol. The molecule has 1 fully saturated rings. The van der Waals surface area contributed by atoms with Gasteiger partial charge in [0.2, 0.25) is 0 Å². The number of aliphatic hydroxyl groups is 1. The fourth-order valence-corrected chi connectivity index (χ4v) is 8.41. The second kappa shape index (κ2) is 12.6. The van der Waals surface area contributed by atoms with E-state index in [1.54, 1.807) is 6.07 Å². The Morgan fingerprint density at radius 1 is 1.20 bits per heavy atom. The molecular weight excluding hydrogens is 576 g/mol. The minimum Gasteiger partial charge on any atom is -0.504 e. The number of Topliss-reactive ketones (excluding diaryl/α,β-unsaturated/α-hetero) is 1. The zero-order valence-corrected chi connectivity index (χ0v) is 26.7. The number of H-pyrrole nitrogens is 1. The Labute approximate surface area is 270 Å². The van der Waals surface area contributed by atoms with Gasteiger partial charge in [-0.1, -0.05) is 56.9 Å². The molecule has 8 nitrogen and oxygen atoms in total. The number of aromatic hydroxyl groups is 1. The van der Waals surface area contributed by atoms with Gasteiger partial charge >= 0.3 is 0 Å². The van der Waals surface area contributed by atoms with Crippen LogP contribution in [0.4, 0.5) is 0 Å². The highest BCUT2D eigenvalue weighted by Crippen LogP contribution is 2.60. The number of carbonyl (C=O) groups excluding carboxylic acids is 1. The van der Waals surface area contributed by atoms with Gasteiger partial charge in [0.05, 0.1) is 11.6 Å². The van der Waals surface area contributed by atoms with Gasteiger partial charge in [0.15, 0.2) is 18.2 Å². The maximum Gasteiger partial charge on any atom is 0.165 e. The topological polar surface area (TPSA) is 126 Å². The summed E-state index contributed by atoms with van der Waals surface area (Å²) in [4.78, 5) is 16.0. The first kappa shape index (κ1) is 30.6. The van der Waals surface area contributed by atoms with Gasteiger partial charge in [0.1, 0.15) is 11.9 Å². The molecule has 0 spiro atoms. The maximum atomic E-state index is 12.5. The summed E-state index contributed by atoms with van der Waals surface area (Å²) in [5.41, 5.74) is 15.0. The van der Waals surface area contributed by atoms with E-state index in [9.17, 15) is 15.0 Å². The molecule has 2 aliphatic carbocycles. The van der Waals surface area contributed by atoms with Crippen molar-refractivity contribution in [2.24, 2.45) is 11.7 Å². The monoisotopic (exact) mass is 622 g/mol. The van der Waals surface area contributed by atoms with Crippen molar-refractivity contribution < 1.29 is 19.7 Å². The number of fused-ring (bicyclic) bond motifs is 3. The minimum atomic E-state index is -0.564. The van der Waals surface area contributed by atoms with Crippen molar-refractivity contribution >= 4 is 22.3 Å². The number of unbranched alkanes of at least 4 members (excludes halogenated alkanes) is 2. The van der Waals surface area contributed by atoms with Crippen LogP contribution in [0.1, 0.15) is 105 Å². The molecule has 0 radical (unpaired) electrons. The van der Waals surface area contributed by atoms with Crippen LogP contribution in [-0.2, 0) is 23.4 Å². The first-order valence-electron chi connectivity index (χ1n) is 17.0. The van der Waals surface area contributed by atoms with Crippen molar-refractivity contribution in [2.45, 2.75) is 102 Å². The molecule has 6 N–H and O–H groups in total. The average molecular weight is 623 g/mol. The normalized spacial score (nSPS) is 22.2. The van der Waals surface area contributed by atoms with Crippen molar-refractivity contribution in [1.82, 2.24) is 14.9 Å². The number of nitrogens with two attached hydrogens (primary N) is 1. The second-order valence-corrected chi connectivity index (χ2v) is 13.6. The van der Waals surface area contributed by atoms with Crippen LogP contribution in [0.5, 0.6) is 11.5 Å². The molecule has 1 saturated carbocycles. The number of phenolic OH excluding ortho intramolecular Hbond substituents is 1. The lowest BCUT2D eigenvalue weighted by molar-refractivity contribution is -0.121. The fraction of sp³-hybridized carbons (Fsp3) is 0.447. The van der Waals surface area contributed by atoms with E-state index in [4.69, 9.17) is 10.5 Å². The molecule has 3 heterocycles. The van der Waals surface area contributed by atoms with Crippen molar-refractivity contribution in [3.05, 3.63) is 89.0 Å². The molecule has 4 aromatic rings.